The molecule has 174 valence electrons. The SMILES string of the molecule is CCCOC(=O)[C@H](C)NP(=O)(Oc1ccccc1)C(C)c1ccc2ccc(C(=O)O)cc2c1. The van der Waals surface area contributed by atoms with Crippen LogP contribution < -0.4 is 9.61 Å². The summed E-state index contributed by atoms with van der Waals surface area (Å²) in [6.07, 6.45) is 0.683. The van der Waals surface area contributed by atoms with E-state index in [1.807, 2.05) is 25.1 Å². The second-order valence-electron chi connectivity index (χ2n) is 7.82. The topological polar surface area (TPSA) is 102 Å². The number of hydrogen-bond donors (Lipinski definition) is 2. The van der Waals surface area contributed by atoms with Gasteiger partial charge in [-0.05, 0) is 60.9 Å². The van der Waals surface area contributed by atoms with Crippen molar-refractivity contribution in [3.8, 4) is 5.75 Å². The minimum Gasteiger partial charge on any atom is -0.478 e. The maximum absolute atomic E-state index is 14.1. The second kappa shape index (κ2) is 10.6. The molecule has 0 radical (unpaired) electrons. The van der Waals surface area contributed by atoms with Gasteiger partial charge in [-0.1, -0.05) is 49.4 Å². The molecule has 33 heavy (non-hydrogen) atoms. The number of carbonyl (C=O) groups excluding carboxylic acids is 1. The number of para-hydroxylation sites is 1. The Morgan fingerprint density at radius 2 is 1.70 bits per heavy atom. The van der Waals surface area contributed by atoms with Crippen molar-refractivity contribution in [2.24, 2.45) is 0 Å². The third-order valence-corrected chi connectivity index (χ3v) is 7.81. The molecule has 7 nitrogen and oxygen atoms in total. The fraction of sp³-hybridized carbons (Fsp3) is 0.280. The number of fused-ring (bicyclic) bond motifs is 1. The first kappa shape index (κ1) is 24.5. The van der Waals surface area contributed by atoms with E-state index in [0.717, 1.165) is 5.39 Å². The molecular weight excluding hydrogens is 441 g/mol. The second-order valence-corrected chi connectivity index (χ2v) is 10.2. The lowest BCUT2D eigenvalue weighted by atomic mass is 10.0. The van der Waals surface area contributed by atoms with Gasteiger partial charge in [0.15, 0.2) is 0 Å². The Morgan fingerprint density at radius 3 is 2.36 bits per heavy atom. The van der Waals surface area contributed by atoms with E-state index >= 15 is 0 Å². The molecule has 0 bridgehead atoms. The first-order valence-electron chi connectivity index (χ1n) is 10.8. The van der Waals surface area contributed by atoms with Gasteiger partial charge in [-0.25, -0.2) is 9.88 Å². The monoisotopic (exact) mass is 469 g/mol. The van der Waals surface area contributed by atoms with Crippen LogP contribution in [-0.4, -0.2) is 29.7 Å². The zero-order chi connectivity index (χ0) is 24.0. The van der Waals surface area contributed by atoms with Gasteiger partial charge < -0.3 is 14.4 Å². The summed E-state index contributed by atoms with van der Waals surface area (Å²) in [5.41, 5.74) is 0.212. The molecule has 0 amide bonds. The molecule has 2 unspecified atom stereocenters. The lowest BCUT2D eigenvalue weighted by molar-refractivity contribution is -0.145. The van der Waals surface area contributed by atoms with Crippen molar-refractivity contribution in [2.75, 3.05) is 6.61 Å². The number of carbonyl (C=O) groups is 2. The molecule has 0 saturated heterocycles. The van der Waals surface area contributed by atoms with Crippen molar-refractivity contribution in [3.63, 3.8) is 0 Å². The van der Waals surface area contributed by atoms with Crippen LogP contribution in [0.2, 0.25) is 0 Å². The number of nitrogens with one attached hydrogen (secondary N) is 1. The van der Waals surface area contributed by atoms with Crippen molar-refractivity contribution in [1.29, 1.82) is 0 Å². The Labute approximate surface area is 193 Å². The summed E-state index contributed by atoms with van der Waals surface area (Å²) in [7, 11) is -3.67. The number of rotatable bonds is 10. The van der Waals surface area contributed by atoms with Crippen molar-refractivity contribution in [3.05, 3.63) is 77.9 Å². The van der Waals surface area contributed by atoms with E-state index in [1.165, 1.54) is 0 Å². The Balaban J connectivity index is 1.97. The molecular formula is C25H28NO6P. The Bertz CT molecular complexity index is 1180. The van der Waals surface area contributed by atoms with Gasteiger partial charge in [0.25, 0.3) is 0 Å². The molecule has 0 saturated carbocycles. The maximum atomic E-state index is 14.1. The van der Waals surface area contributed by atoms with Crippen LogP contribution >= 0.6 is 7.52 Å². The molecule has 2 N–H and O–H groups in total. The van der Waals surface area contributed by atoms with Crippen LogP contribution in [0.3, 0.4) is 0 Å². The summed E-state index contributed by atoms with van der Waals surface area (Å²) >= 11 is 0. The van der Waals surface area contributed by atoms with Gasteiger partial charge in [-0.3, -0.25) is 9.36 Å². The van der Waals surface area contributed by atoms with E-state index in [2.05, 4.69) is 5.09 Å². The third-order valence-electron chi connectivity index (χ3n) is 5.26. The molecule has 0 aromatic heterocycles. The smallest absolute Gasteiger partial charge is 0.335 e. The quantitative estimate of drug-likeness (QED) is 0.286. The predicted octanol–water partition coefficient (Wildman–Crippen LogP) is 5.80. The van der Waals surface area contributed by atoms with Gasteiger partial charge in [0.2, 0.25) is 0 Å². The normalized spacial score (nSPS) is 14.8. The predicted molar refractivity (Wildman–Crippen MR) is 128 cm³/mol. The van der Waals surface area contributed by atoms with Gasteiger partial charge in [-0.2, -0.15) is 0 Å². The first-order chi connectivity index (χ1) is 15.7. The number of aromatic carboxylic acids is 1. The summed E-state index contributed by atoms with van der Waals surface area (Å²) in [4.78, 5) is 23.7. The molecule has 0 aliphatic rings. The lowest BCUT2D eigenvalue weighted by Gasteiger charge is -2.28. The number of hydrogen-bond acceptors (Lipinski definition) is 5. The maximum Gasteiger partial charge on any atom is 0.335 e. The van der Waals surface area contributed by atoms with E-state index in [1.54, 1.807) is 62.4 Å². The number of ether oxygens (including phenoxy) is 1. The first-order valence-corrected chi connectivity index (χ1v) is 12.5. The molecule has 3 rings (SSSR count). The molecule has 0 spiro atoms. The fourth-order valence-electron chi connectivity index (χ4n) is 3.36. The average molecular weight is 469 g/mol. The Hall–Kier alpha value is -3.15. The van der Waals surface area contributed by atoms with Crippen LogP contribution in [0.15, 0.2) is 66.7 Å². The van der Waals surface area contributed by atoms with E-state index < -0.39 is 31.2 Å². The summed E-state index contributed by atoms with van der Waals surface area (Å²) < 4.78 is 25.3. The molecule has 3 atom stereocenters. The number of carboxylic acids is 1. The molecule has 3 aromatic carbocycles. The van der Waals surface area contributed by atoms with Crippen molar-refractivity contribution >= 4 is 30.2 Å². The van der Waals surface area contributed by atoms with E-state index in [4.69, 9.17) is 9.26 Å². The largest absolute Gasteiger partial charge is 0.478 e. The van der Waals surface area contributed by atoms with E-state index in [-0.39, 0.29) is 12.2 Å². The highest BCUT2D eigenvalue weighted by Gasteiger charge is 2.37. The van der Waals surface area contributed by atoms with Crippen LogP contribution in [0.25, 0.3) is 10.8 Å². The summed E-state index contributed by atoms with van der Waals surface area (Å²) in [5, 5.41) is 13.8. The van der Waals surface area contributed by atoms with Gasteiger partial charge in [0.1, 0.15) is 11.8 Å². The van der Waals surface area contributed by atoms with Crippen LogP contribution in [0.5, 0.6) is 5.75 Å². The highest BCUT2D eigenvalue weighted by molar-refractivity contribution is 7.57. The van der Waals surface area contributed by atoms with Crippen LogP contribution in [-0.2, 0) is 14.1 Å². The molecule has 0 aliphatic heterocycles. The average Bonchev–Trinajstić information content (AvgIpc) is 2.81. The summed E-state index contributed by atoms with van der Waals surface area (Å²) in [6.45, 7) is 5.52. The molecule has 0 aliphatic carbocycles. The minimum atomic E-state index is -3.67. The zero-order valence-corrected chi connectivity index (χ0v) is 19.7. The fourth-order valence-corrected chi connectivity index (χ4v) is 5.43. The third kappa shape index (κ3) is 6.01. The minimum absolute atomic E-state index is 0.168. The van der Waals surface area contributed by atoms with Gasteiger partial charge in [-0.15, -0.1) is 0 Å². The summed E-state index contributed by atoms with van der Waals surface area (Å²) in [5.74, 6) is -1.12. The Kier molecular flexibility index (Phi) is 7.90. The zero-order valence-electron chi connectivity index (χ0n) is 18.9. The Morgan fingerprint density at radius 1 is 1.00 bits per heavy atom. The van der Waals surface area contributed by atoms with Gasteiger partial charge >= 0.3 is 19.5 Å². The van der Waals surface area contributed by atoms with Crippen LogP contribution in [0.1, 0.15) is 48.8 Å². The standard InChI is InChI=1S/C25H28NO6P/c1-4-14-31-25(29)17(2)26-33(30,32-23-8-6-5-7-9-23)18(3)20-12-10-19-11-13-21(24(27)28)16-22(19)15-20/h5-13,15-18H,4,14H2,1-3H3,(H,26,30)(H,27,28)/t17-,18?,33?/m0/s1. The number of carboxylic acid groups (broad SMARTS) is 1. The van der Waals surface area contributed by atoms with Crippen molar-refractivity contribution < 1.29 is 28.5 Å². The van der Waals surface area contributed by atoms with Gasteiger partial charge in [0, 0.05) is 0 Å². The molecule has 0 fully saturated rings. The molecule has 3 aromatic rings. The van der Waals surface area contributed by atoms with Crippen LogP contribution in [0, 0.1) is 0 Å². The number of benzene rings is 3. The van der Waals surface area contributed by atoms with Gasteiger partial charge in [0.05, 0.1) is 17.8 Å². The highest BCUT2D eigenvalue weighted by atomic mass is 31.2. The number of esters is 1. The highest BCUT2D eigenvalue weighted by Crippen LogP contribution is 2.56. The molecule has 8 heteroatoms. The van der Waals surface area contributed by atoms with Crippen molar-refractivity contribution in [1.82, 2.24) is 5.09 Å². The summed E-state index contributed by atoms with van der Waals surface area (Å²) in [6, 6.07) is 18.2. The van der Waals surface area contributed by atoms with E-state index in [9.17, 15) is 19.3 Å². The lowest BCUT2D eigenvalue weighted by Crippen LogP contribution is -2.35. The molecule has 0 heterocycles. The van der Waals surface area contributed by atoms with E-state index in [0.29, 0.717) is 23.1 Å². The van der Waals surface area contributed by atoms with Crippen LogP contribution in [0.4, 0.5) is 0 Å². The van der Waals surface area contributed by atoms with Crippen molar-refractivity contribution in [2.45, 2.75) is 38.9 Å².